The minimum absolute atomic E-state index is 0.459. The molecule has 0 amide bonds. The summed E-state index contributed by atoms with van der Waals surface area (Å²) in [7, 11) is 0. The highest BCUT2D eigenvalue weighted by molar-refractivity contribution is 5.86. The van der Waals surface area contributed by atoms with Crippen molar-refractivity contribution in [1.82, 2.24) is 0 Å². The number of hydrogen-bond donors (Lipinski definition) is 2. The Bertz CT molecular complexity index is 828. The molecule has 5 nitrogen and oxygen atoms in total. The van der Waals surface area contributed by atoms with Crippen LogP contribution in [0.1, 0.15) is 32.1 Å². The average Bonchev–Trinajstić information content (AvgIpc) is 2.95. The van der Waals surface area contributed by atoms with Crippen LogP contribution in [0.25, 0.3) is 0 Å². The van der Waals surface area contributed by atoms with Crippen molar-refractivity contribution in [3.05, 3.63) is 47.1 Å². The van der Waals surface area contributed by atoms with Gasteiger partial charge in [0.15, 0.2) is 0 Å². The van der Waals surface area contributed by atoms with Gasteiger partial charge in [0, 0.05) is 5.41 Å². The second kappa shape index (κ2) is 4.79. The number of nitrogens with one attached hydrogen (secondary N) is 1. The lowest BCUT2D eigenvalue weighted by Gasteiger charge is -2.42. The molecule has 0 unspecified atom stereocenters. The van der Waals surface area contributed by atoms with Crippen molar-refractivity contribution in [1.29, 1.82) is 10.5 Å². The minimum atomic E-state index is -0.521. The fraction of sp³-hybridized carbons (Fsp3) is 0.333. The summed E-state index contributed by atoms with van der Waals surface area (Å²) in [4.78, 5) is 1.83. The molecule has 1 fully saturated rings. The largest absolute Gasteiger partial charge is 0.384 e. The van der Waals surface area contributed by atoms with E-state index in [1.165, 1.54) is 0 Å². The molecular weight excluding hydrogens is 286 g/mol. The summed E-state index contributed by atoms with van der Waals surface area (Å²) in [6.07, 6.45) is 4.81. The van der Waals surface area contributed by atoms with E-state index in [0.717, 1.165) is 49.3 Å². The minimum Gasteiger partial charge on any atom is -0.384 e. The van der Waals surface area contributed by atoms with Crippen molar-refractivity contribution < 1.29 is 0 Å². The van der Waals surface area contributed by atoms with Gasteiger partial charge in [-0.05, 0) is 25.0 Å². The number of allylic oxidation sites excluding steroid dienone is 2. The van der Waals surface area contributed by atoms with Gasteiger partial charge < -0.3 is 11.1 Å². The van der Waals surface area contributed by atoms with Gasteiger partial charge in [0.1, 0.15) is 11.6 Å². The Hall–Kier alpha value is -2.92. The van der Waals surface area contributed by atoms with Crippen molar-refractivity contribution >= 4 is 11.4 Å². The van der Waals surface area contributed by atoms with Crippen molar-refractivity contribution in [3.63, 3.8) is 0 Å². The highest BCUT2D eigenvalue weighted by Crippen LogP contribution is 2.55. The van der Waals surface area contributed by atoms with Crippen LogP contribution in [0.2, 0.25) is 0 Å². The van der Waals surface area contributed by atoms with Crippen LogP contribution in [0.5, 0.6) is 0 Å². The quantitative estimate of drug-likeness (QED) is 0.767. The van der Waals surface area contributed by atoms with E-state index in [2.05, 4.69) is 17.5 Å². The summed E-state index contributed by atoms with van der Waals surface area (Å²) in [5, 5.41) is 23.0. The van der Waals surface area contributed by atoms with Gasteiger partial charge in [-0.1, -0.05) is 31.4 Å². The Labute approximate surface area is 135 Å². The predicted molar refractivity (Wildman–Crippen MR) is 87.5 cm³/mol. The van der Waals surface area contributed by atoms with Crippen molar-refractivity contribution in [2.75, 3.05) is 10.2 Å². The number of nitriles is 2. The summed E-state index contributed by atoms with van der Waals surface area (Å²) in [5.41, 5.74) is 8.91. The maximum Gasteiger partial charge on any atom is 0.131 e. The van der Waals surface area contributed by atoms with Gasteiger partial charge >= 0.3 is 0 Å². The summed E-state index contributed by atoms with van der Waals surface area (Å²) >= 11 is 0. The molecule has 1 spiro atoms. The third kappa shape index (κ3) is 1.65. The van der Waals surface area contributed by atoms with Crippen LogP contribution in [0.4, 0.5) is 11.4 Å². The Kier molecular flexibility index (Phi) is 2.86. The second-order valence-corrected chi connectivity index (χ2v) is 6.33. The average molecular weight is 303 g/mol. The van der Waals surface area contributed by atoms with Gasteiger partial charge in [0.25, 0.3) is 0 Å². The van der Waals surface area contributed by atoms with Crippen LogP contribution in [-0.2, 0) is 0 Å². The number of nitrogens with zero attached hydrogens (tertiary/aromatic N) is 3. The molecule has 5 heteroatoms. The van der Waals surface area contributed by atoms with Gasteiger partial charge in [-0.15, -0.1) is 0 Å². The third-order valence-corrected chi connectivity index (χ3v) is 5.24. The Morgan fingerprint density at radius 3 is 2.43 bits per heavy atom. The summed E-state index contributed by atoms with van der Waals surface area (Å²) in [5.74, 6) is 1.19. The van der Waals surface area contributed by atoms with Crippen LogP contribution in [-0.4, -0.2) is 0 Å². The normalized spacial score (nSPS) is 21.4. The molecule has 2 heterocycles. The molecule has 2 aliphatic heterocycles. The molecular formula is C18H17N5. The number of para-hydroxylation sites is 2. The molecule has 114 valence electrons. The first-order valence-corrected chi connectivity index (χ1v) is 7.94. The molecule has 1 aliphatic carbocycles. The molecule has 1 aromatic carbocycles. The van der Waals surface area contributed by atoms with Crippen molar-refractivity contribution in [2.24, 2.45) is 11.1 Å². The molecule has 23 heavy (non-hydrogen) atoms. The molecule has 3 aliphatic rings. The van der Waals surface area contributed by atoms with E-state index < -0.39 is 5.41 Å². The lowest BCUT2D eigenvalue weighted by molar-refractivity contribution is 0.295. The van der Waals surface area contributed by atoms with E-state index in [0.29, 0.717) is 17.0 Å². The zero-order valence-electron chi connectivity index (χ0n) is 12.8. The predicted octanol–water partition coefficient (Wildman–Crippen LogP) is 3.31. The van der Waals surface area contributed by atoms with Crippen LogP contribution in [0, 0.1) is 28.1 Å². The van der Waals surface area contributed by atoms with Crippen molar-refractivity contribution in [3.8, 4) is 12.1 Å². The topological polar surface area (TPSA) is 88.9 Å². The zero-order chi connectivity index (χ0) is 16.0. The fourth-order valence-corrected chi connectivity index (χ4v) is 4.19. The highest BCUT2D eigenvalue weighted by Gasteiger charge is 2.49. The Morgan fingerprint density at radius 1 is 1.04 bits per heavy atom. The first-order chi connectivity index (χ1) is 11.2. The van der Waals surface area contributed by atoms with Gasteiger partial charge in [0.2, 0.25) is 0 Å². The summed E-state index contributed by atoms with van der Waals surface area (Å²) < 4.78 is 0. The number of rotatable bonds is 0. The van der Waals surface area contributed by atoms with E-state index in [-0.39, 0.29) is 0 Å². The first-order valence-electron chi connectivity index (χ1n) is 7.94. The summed E-state index contributed by atoms with van der Waals surface area (Å²) in [6.45, 7) is 0. The highest BCUT2D eigenvalue weighted by atomic mass is 15.4. The number of benzene rings is 1. The molecule has 1 aromatic rings. The zero-order valence-corrected chi connectivity index (χ0v) is 12.8. The van der Waals surface area contributed by atoms with E-state index in [4.69, 9.17) is 5.73 Å². The standard InChI is InChI=1S/C18H17N5/c19-10-12-16(21)23-15-7-3-2-6-14(15)22-17(23)13(11-20)18(12)8-4-1-5-9-18/h2-3,6-7,22H,1,4-5,8-9,21H2. The molecule has 4 rings (SSSR count). The molecule has 0 bridgehead atoms. The van der Waals surface area contributed by atoms with E-state index in [1.807, 2.05) is 29.2 Å². The molecule has 3 N–H and O–H groups in total. The van der Waals surface area contributed by atoms with Gasteiger partial charge in [-0.2, -0.15) is 10.5 Å². The maximum absolute atomic E-state index is 9.89. The van der Waals surface area contributed by atoms with E-state index in [1.54, 1.807) is 0 Å². The molecule has 0 saturated heterocycles. The number of nitrogens with two attached hydrogens (primary N) is 1. The van der Waals surface area contributed by atoms with Crippen molar-refractivity contribution in [2.45, 2.75) is 32.1 Å². The lowest BCUT2D eigenvalue weighted by atomic mass is 9.63. The Balaban J connectivity index is 1.99. The van der Waals surface area contributed by atoms with E-state index in [9.17, 15) is 10.5 Å². The van der Waals surface area contributed by atoms with Gasteiger partial charge in [-0.25, -0.2) is 0 Å². The van der Waals surface area contributed by atoms with Gasteiger partial charge in [0.05, 0.1) is 34.7 Å². The SMILES string of the molecule is N#CC1=C(N)N2C(=C(C#N)C13CCCCC3)Nc1ccccc12. The lowest BCUT2D eigenvalue weighted by Crippen LogP contribution is -2.42. The molecule has 0 radical (unpaired) electrons. The van der Waals surface area contributed by atoms with Crippen LogP contribution >= 0.6 is 0 Å². The number of hydrogen-bond acceptors (Lipinski definition) is 5. The van der Waals surface area contributed by atoms with E-state index >= 15 is 0 Å². The molecule has 0 aromatic heterocycles. The fourth-order valence-electron chi connectivity index (χ4n) is 4.19. The maximum atomic E-state index is 9.89. The molecule has 0 atom stereocenters. The van der Waals surface area contributed by atoms with Crippen LogP contribution in [0.15, 0.2) is 47.1 Å². The first kappa shape index (κ1) is 13.7. The third-order valence-electron chi connectivity index (χ3n) is 5.24. The van der Waals surface area contributed by atoms with Gasteiger partial charge in [-0.3, -0.25) is 4.90 Å². The molecule has 1 saturated carbocycles. The summed E-state index contributed by atoms with van der Waals surface area (Å²) in [6, 6.07) is 12.5. The number of anilines is 2. The number of fused-ring (bicyclic) bond motifs is 3. The monoisotopic (exact) mass is 303 g/mol. The smallest absolute Gasteiger partial charge is 0.131 e. The van der Waals surface area contributed by atoms with Crippen LogP contribution < -0.4 is 16.0 Å². The Morgan fingerprint density at radius 2 is 1.74 bits per heavy atom. The second-order valence-electron chi connectivity index (χ2n) is 6.33. The van der Waals surface area contributed by atoms with Crippen LogP contribution in [0.3, 0.4) is 0 Å².